The third kappa shape index (κ3) is 1.76. The van der Waals surface area contributed by atoms with Gasteiger partial charge in [-0.25, -0.2) is 9.97 Å². The molecule has 0 aromatic carbocycles. The standard InChI is InChI=1S/C11H9N5S/c1-17-11-12-6-4-9(15-11)8-7-14-16-10(8)3-2-5-13-16/h2-7H,1H3. The van der Waals surface area contributed by atoms with E-state index in [1.165, 1.54) is 11.8 Å². The minimum absolute atomic E-state index is 0.755. The van der Waals surface area contributed by atoms with E-state index in [9.17, 15) is 0 Å². The zero-order valence-electron chi connectivity index (χ0n) is 9.11. The summed E-state index contributed by atoms with van der Waals surface area (Å²) in [6.45, 7) is 0. The van der Waals surface area contributed by atoms with Gasteiger partial charge in [-0.15, -0.1) is 0 Å². The molecule has 0 fully saturated rings. The molecule has 0 bridgehead atoms. The van der Waals surface area contributed by atoms with Crippen molar-refractivity contribution in [2.45, 2.75) is 5.16 Å². The van der Waals surface area contributed by atoms with Crippen LogP contribution in [0.3, 0.4) is 0 Å². The van der Waals surface area contributed by atoms with E-state index in [4.69, 9.17) is 0 Å². The Balaban J connectivity index is 2.20. The predicted molar refractivity (Wildman–Crippen MR) is 65.8 cm³/mol. The molecular formula is C11H9N5S. The van der Waals surface area contributed by atoms with Crippen molar-refractivity contribution in [3.63, 3.8) is 0 Å². The average molecular weight is 243 g/mol. The van der Waals surface area contributed by atoms with Gasteiger partial charge in [0.25, 0.3) is 0 Å². The molecule has 5 nitrogen and oxygen atoms in total. The number of rotatable bonds is 2. The maximum absolute atomic E-state index is 4.45. The Bertz CT molecular complexity index is 664. The smallest absolute Gasteiger partial charge is 0.187 e. The third-order valence-electron chi connectivity index (χ3n) is 2.40. The predicted octanol–water partition coefficient (Wildman–Crippen LogP) is 1.91. The van der Waals surface area contributed by atoms with E-state index in [0.717, 1.165) is 21.9 Å². The van der Waals surface area contributed by atoms with E-state index in [1.54, 1.807) is 23.2 Å². The van der Waals surface area contributed by atoms with Gasteiger partial charge < -0.3 is 0 Å². The molecule has 0 aliphatic heterocycles. The fourth-order valence-corrected chi connectivity index (χ4v) is 1.98. The van der Waals surface area contributed by atoms with E-state index in [2.05, 4.69) is 20.2 Å². The highest BCUT2D eigenvalue weighted by Gasteiger charge is 2.08. The molecule has 3 aromatic rings. The van der Waals surface area contributed by atoms with Crippen molar-refractivity contribution in [1.29, 1.82) is 0 Å². The van der Waals surface area contributed by atoms with Crippen molar-refractivity contribution in [3.8, 4) is 11.3 Å². The van der Waals surface area contributed by atoms with Gasteiger partial charge in [0, 0.05) is 18.0 Å². The monoisotopic (exact) mass is 243 g/mol. The van der Waals surface area contributed by atoms with Crippen molar-refractivity contribution < 1.29 is 0 Å². The SMILES string of the molecule is CSc1nccc(-c2cnn3ncccc23)n1. The Morgan fingerprint density at radius 1 is 1.18 bits per heavy atom. The van der Waals surface area contributed by atoms with Crippen LogP contribution < -0.4 is 0 Å². The van der Waals surface area contributed by atoms with Crippen molar-refractivity contribution in [2.75, 3.05) is 6.26 Å². The first kappa shape index (κ1) is 10.2. The normalized spacial score (nSPS) is 10.9. The molecule has 0 N–H and O–H groups in total. The molecule has 17 heavy (non-hydrogen) atoms. The van der Waals surface area contributed by atoms with Crippen LogP contribution in [0.1, 0.15) is 0 Å². The summed E-state index contributed by atoms with van der Waals surface area (Å²) in [5.74, 6) is 0. The number of hydrogen-bond acceptors (Lipinski definition) is 5. The molecule has 3 rings (SSSR count). The van der Waals surface area contributed by atoms with Gasteiger partial charge in [-0.1, -0.05) is 11.8 Å². The zero-order valence-corrected chi connectivity index (χ0v) is 9.92. The second-order valence-corrected chi connectivity index (χ2v) is 4.16. The minimum atomic E-state index is 0.755. The van der Waals surface area contributed by atoms with Crippen LogP contribution >= 0.6 is 11.8 Å². The molecule has 0 saturated heterocycles. The highest BCUT2D eigenvalue weighted by Crippen LogP contribution is 2.22. The number of aromatic nitrogens is 5. The van der Waals surface area contributed by atoms with E-state index < -0.39 is 0 Å². The summed E-state index contributed by atoms with van der Waals surface area (Å²) in [5.41, 5.74) is 2.78. The first-order valence-electron chi connectivity index (χ1n) is 5.05. The maximum Gasteiger partial charge on any atom is 0.187 e. The van der Waals surface area contributed by atoms with Gasteiger partial charge in [-0.05, 0) is 24.5 Å². The van der Waals surface area contributed by atoms with Crippen molar-refractivity contribution in [1.82, 2.24) is 24.8 Å². The number of thioether (sulfide) groups is 1. The van der Waals surface area contributed by atoms with Gasteiger partial charge in [0.05, 0.1) is 17.4 Å². The number of nitrogens with zero attached hydrogens (tertiary/aromatic N) is 5. The average Bonchev–Trinajstić information content (AvgIpc) is 2.82. The Kier molecular flexibility index (Phi) is 2.49. The van der Waals surface area contributed by atoms with E-state index in [1.807, 2.05) is 24.5 Å². The topological polar surface area (TPSA) is 56.0 Å². The van der Waals surface area contributed by atoms with Gasteiger partial charge in [-0.3, -0.25) is 0 Å². The molecular weight excluding hydrogens is 234 g/mol. The molecule has 0 spiro atoms. The lowest BCUT2D eigenvalue weighted by molar-refractivity contribution is 0.800. The summed E-state index contributed by atoms with van der Waals surface area (Å²) in [7, 11) is 0. The fourth-order valence-electron chi connectivity index (χ4n) is 1.62. The second kappa shape index (κ2) is 4.14. The van der Waals surface area contributed by atoms with Gasteiger partial charge in [-0.2, -0.15) is 14.8 Å². The largest absolute Gasteiger partial charge is 0.231 e. The van der Waals surface area contributed by atoms with Gasteiger partial charge >= 0.3 is 0 Å². The molecule has 0 saturated carbocycles. The summed E-state index contributed by atoms with van der Waals surface area (Å²) in [6.07, 6.45) is 7.19. The molecule has 84 valence electrons. The van der Waals surface area contributed by atoms with Crippen LogP contribution in [0, 0.1) is 0 Å². The molecule has 3 aromatic heterocycles. The van der Waals surface area contributed by atoms with E-state index in [0.29, 0.717) is 0 Å². The quantitative estimate of drug-likeness (QED) is 0.508. The lowest BCUT2D eigenvalue weighted by Gasteiger charge is -1.99. The highest BCUT2D eigenvalue weighted by molar-refractivity contribution is 7.98. The van der Waals surface area contributed by atoms with Crippen LogP contribution in [0.15, 0.2) is 41.9 Å². The molecule has 0 unspecified atom stereocenters. The van der Waals surface area contributed by atoms with Gasteiger partial charge in [0.1, 0.15) is 0 Å². The minimum Gasteiger partial charge on any atom is -0.231 e. The van der Waals surface area contributed by atoms with Gasteiger partial charge in [0.15, 0.2) is 5.16 Å². The summed E-state index contributed by atoms with van der Waals surface area (Å²) < 4.78 is 1.59. The van der Waals surface area contributed by atoms with Crippen LogP contribution in [0.25, 0.3) is 16.8 Å². The molecule has 0 atom stereocenters. The Labute approximate surface area is 102 Å². The van der Waals surface area contributed by atoms with Crippen LogP contribution in [0.4, 0.5) is 0 Å². The Morgan fingerprint density at radius 2 is 2.12 bits per heavy atom. The van der Waals surface area contributed by atoms with E-state index in [-0.39, 0.29) is 0 Å². The van der Waals surface area contributed by atoms with Crippen LogP contribution in [0.5, 0.6) is 0 Å². The molecule has 0 radical (unpaired) electrons. The maximum atomic E-state index is 4.45. The molecule has 0 amide bonds. The summed E-state index contributed by atoms with van der Waals surface area (Å²) in [6, 6.07) is 5.73. The van der Waals surface area contributed by atoms with E-state index >= 15 is 0 Å². The summed E-state index contributed by atoms with van der Waals surface area (Å²) in [5, 5.41) is 9.07. The number of fused-ring (bicyclic) bond motifs is 1. The first-order chi connectivity index (χ1) is 8.38. The Morgan fingerprint density at radius 3 is 3.00 bits per heavy atom. The zero-order chi connectivity index (χ0) is 11.7. The summed E-state index contributed by atoms with van der Waals surface area (Å²) >= 11 is 1.52. The lowest BCUT2D eigenvalue weighted by Crippen LogP contribution is -1.91. The molecule has 0 aliphatic carbocycles. The number of hydrogen-bond donors (Lipinski definition) is 0. The third-order valence-corrected chi connectivity index (χ3v) is 2.96. The molecule has 0 aliphatic rings. The first-order valence-corrected chi connectivity index (χ1v) is 6.27. The molecule has 6 heteroatoms. The molecule has 3 heterocycles. The fraction of sp³-hybridized carbons (Fsp3) is 0.0909. The second-order valence-electron chi connectivity index (χ2n) is 3.39. The Hall–Kier alpha value is -1.95. The van der Waals surface area contributed by atoms with Crippen molar-refractivity contribution in [3.05, 3.63) is 36.8 Å². The highest BCUT2D eigenvalue weighted by atomic mass is 32.2. The van der Waals surface area contributed by atoms with Crippen molar-refractivity contribution >= 4 is 17.3 Å². The van der Waals surface area contributed by atoms with Gasteiger partial charge in [0.2, 0.25) is 0 Å². The van der Waals surface area contributed by atoms with Crippen LogP contribution in [-0.4, -0.2) is 31.1 Å². The van der Waals surface area contributed by atoms with Crippen LogP contribution in [-0.2, 0) is 0 Å². The summed E-state index contributed by atoms with van der Waals surface area (Å²) in [4.78, 5) is 8.61. The van der Waals surface area contributed by atoms with Crippen LogP contribution in [0.2, 0.25) is 0 Å². The van der Waals surface area contributed by atoms with Crippen molar-refractivity contribution in [2.24, 2.45) is 0 Å². The lowest BCUT2D eigenvalue weighted by atomic mass is 10.2.